The van der Waals surface area contributed by atoms with Gasteiger partial charge in [-0.2, -0.15) is 0 Å². The van der Waals surface area contributed by atoms with E-state index in [0.29, 0.717) is 13.1 Å². The average Bonchev–Trinajstić information content (AvgIpc) is 3.24. The molecule has 0 saturated carbocycles. The van der Waals surface area contributed by atoms with Crippen LogP contribution in [0.15, 0.2) is 48.8 Å². The first-order chi connectivity index (χ1) is 15.8. The Bertz CT molecular complexity index is 1100. The predicted octanol–water partition coefficient (Wildman–Crippen LogP) is 4.20. The number of alkyl carbamates (subject to hydrolysis) is 1. The number of nitrogens with one attached hydrogen (secondary N) is 1. The maximum atomic E-state index is 12.1. The second-order valence-corrected chi connectivity index (χ2v) is 9.51. The number of rotatable bonds is 6. The number of fused-ring (bicyclic) bond motifs is 1. The number of carbonyl (C=O) groups is 1. The van der Waals surface area contributed by atoms with Crippen molar-refractivity contribution in [3.63, 3.8) is 0 Å². The number of carbonyl (C=O) groups excluding carboxylic acids is 1. The monoisotopic (exact) mass is 448 g/mol. The Morgan fingerprint density at radius 2 is 2.06 bits per heavy atom. The van der Waals surface area contributed by atoms with E-state index in [-0.39, 0.29) is 6.04 Å². The largest absolute Gasteiger partial charge is 0.444 e. The first kappa shape index (κ1) is 22.9. The number of nitrogens with zero attached hydrogens (tertiary/aromatic N) is 5. The molecule has 1 aliphatic carbocycles. The molecule has 0 saturated heterocycles. The van der Waals surface area contributed by atoms with Crippen molar-refractivity contribution < 1.29 is 9.53 Å². The molecule has 0 fully saturated rings. The van der Waals surface area contributed by atoms with E-state index in [9.17, 15) is 4.79 Å². The van der Waals surface area contributed by atoms with Gasteiger partial charge in [-0.05, 0) is 70.3 Å². The smallest absolute Gasteiger partial charge is 0.407 e. The van der Waals surface area contributed by atoms with Gasteiger partial charge in [-0.1, -0.05) is 29.5 Å². The van der Waals surface area contributed by atoms with E-state index in [0.717, 1.165) is 29.8 Å². The summed E-state index contributed by atoms with van der Waals surface area (Å²) in [6, 6.07) is 12.3. The molecule has 1 amide bonds. The van der Waals surface area contributed by atoms with Crippen LogP contribution in [0.3, 0.4) is 0 Å². The number of hydrogen-bond donors (Lipinski definition) is 1. The molecule has 0 aliphatic heterocycles. The van der Waals surface area contributed by atoms with E-state index in [1.807, 2.05) is 63.5 Å². The lowest BCUT2D eigenvalue weighted by Gasteiger charge is -2.31. The first-order valence-electron chi connectivity index (χ1n) is 11.4. The minimum Gasteiger partial charge on any atom is -0.444 e. The number of para-hydroxylation sites is 1. The van der Waals surface area contributed by atoms with Gasteiger partial charge < -0.3 is 10.1 Å². The Kier molecular flexibility index (Phi) is 6.74. The molecule has 3 aromatic rings. The van der Waals surface area contributed by atoms with Crippen molar-refractivity contribution in [3.05, 3.63) is 71.3 Å². The van der Waals surface area contributed by atoms with Gasteiger partial charge >= 0.3 is 6.09 Å². The summed E-state index contributed by atoms with van der Waals surface area (Å²) < 4.78 is 7.11. The van der Waals surface area contributed by atoms with Gasteiger partial charge in [-0.25, -0.2) is 9.48 Å². The molecule has 0 bridgehead atoms. The molecule has 2 heterocycles. The molecule has 1 aliphatic rings. The molecule has 1 atom stereocenters. The van der Waals surface area contributed by atoms with Crippen LogP contribution < -0.4 is 5.32 Å². The fourth-order valence-corrected chi connectivity index (χ4v) is 4.23. The molecule has 1 unspecified atom stereocenters. The van der Waals surface area contributed by atoms with Crippen LogP contribution in [0.25, 0.3) is 5.69 Å². The molecule has 174 valence electrons. The lowest BCUT2D eigenvalue weighted by Crippen LogP contribution is -2.32. The highest BCUT2D eigenvalue weighted by Crippen LogP contribution is 2.32. The summed E-state index contributed by atoms with van der Waals surface area (Å²) in [6.45, 7) is 6.55. The highest BCUT2D eigenvalue weighted by Gasteiger charge is 2.25. The van der Waals surface area contributed by atoms with Crippen molar-refractivity contribution in [2.45, 2.75) is 64.8 Å². The summed E-state index contributed by atoms with van der Waals surface area (Å²) in [4.78, 5) is 19.0. The van der Waals surface area contributed by atoms with Gasteiger partial charge in [-0.15, -0.1) is 5.10 Å². The molecule has 8 heteroatoms. The lowest BCUT2D eigenvalue weighted by atomic mass is 9.91. The number of benzene rings is 1. The number of ether oxygens (including phenoxy) is 1. The molecule has 2 aromatic heterocycles. The summed E-state index contributed by atoms with van der Waals surface area (Å²) in [7, 11) is 2.12. The van der Waals surface area contributed by atoms with Gasteiger partial charge in [-0.3, -0.25) is 9.88 Å². The highest BCUT2D eigenvalue weighted by molar-refractivity contribution is 5.67. The molecule has 0 spiro atoms. The van der Waals surface area contributed by atoms with Crippen LogP contribution in [0.5, 0.6) is 0 Å². The third-order valence-electron chi connectivity index (χ3n) is 5.71. The quantitative estimate of drug-likeness (QED) is 0.608. The van der Waals surface area contributed by atoms with Gasteiger partial charge in [0.15, 0.2) is 0 Å². The summed E-state index contributed by atoms with van der Waals surface area (Å²) >= 11 is 0. The van der Waals surface area contributed by atoms with Crippen LogP contribution in [-0.2, 0) is 24.2 Å². The van der Waals surface area contributed by atoms with Crippen LogP contribution in [0.1, 0.15) is 62.2 Å². The van der Waals surface area contributed by atoms with Gasteiger partial charge in [0.1, 0.15) is 5.60 Å². The van der Waals surface area contributed by atoms with Gasteiger partial charge in [0.2, 0.25) is 0 Å². The van der Waals surface area contributed by atoms with E-state index in [1.165, 1.54) is 17.7 Å². The number of aryl methyl sites for hydroxylation is 1. The average molecular weight is 449 g/mol. The van der Waals surface area contributed by atoms with Crippen LogP contribution in [-0.4, -0.2) is 43.6 Å². The Balaban J connectivity index is 1.44. The van der Waals surface area contributed by atoms with E-state index < -0.39 is 11.7 Å². The van der Waals surface area contributed by atoms with Crippen molar-refractivity contribution in [2.75, 3.05) is 7.05 Å². The fourth-order valence-electron chi connectivity index (χ4n) is 4.23. The van der Waals surface area contributed by atoms with Crippen molar-refractivity contribution in [1.82, 2.24) is 30.2 Å². The molecule has 4 rings (SSSR count). The molecule has 0 radical (unpaired) electrons. The fraction of sp³-hybridized carbons (Fsp3) is 0.440. The zero-order valence-corrected chi connectivity index (χ0v) is 19.8. The molecule has 8 nitrogen and oxygen atoms in total. The maximum absolute atomic E-state index is 12.1. The maximum Gasteiger partial charge on any atom is 0.407 e. The normalized spacial score (nSPS) is 15.8. The van der Waals surface area contributed by atoms with Crippen LogP contribution >= 0.6 is 0 Å². The van der Waals surface area contributed by atoms with E-state index in [1.54, 1.807) is 4.68 Å². The number of pyridine rings is 1. The number of amides is 1. The topological polar surface area (TPSA) is 85.2 Å². The molecule has 1 N–H and O–H groups in total. The van der Waals surface area contributed by atoms with Gasteiger partial charge in [0.25, 0.3) is 0 Å². The molecular formula is C25H32N6O2. The second-order valence-electron chi connectivity index (χ2n) is 9.51. The summed E-state index contributed by atoms with van der Waals surface area (Å²) in [5.74, 6) is 0. The van der Waals surface area contributed by atoms with E-state index >= 15 is 0 Å². The summed E-state index contributed by atoms with van der Waals surface area (Å²) in [5.41, 5.74) is 4.67. The second kappa shape index (κ2) is 9.70. The highest BCUT2D eigenvalue weighted by atomic mass is 16.6. The van der Waals surface area contributed by atoms with Gasteiger partial charge in [0, 0.05) is 19.3 Å². The zero-order valence-electron chi connectivity index (χ0n) is 19.8. The Morgan fingerprint density at radius 3 is 2.88 bits per heavy atom. The minimum absolute atomic E-state index is 0.283. The van der Waals surface area contributed by atoms with E-state index in [4.69, 9.17) is 4.74 Å². The third-order valence-corrected chi connectivity index (χ3v) is 5.71. The van der Waals surface area contributed by atoms with Crippen LogP contribution in [0, 0.1) is 0 Å². The Morgan fingerprint density at radius 1 is 1.24 bits per heavy atom. The number of hydrogen-bond acceptors (Lipinski definition) is 6. The van der Waals surface area contributed by atoms with Crippen molar-refractivity contribution in [1.29, 1.82) is 0 Å². The van der Waals surface area contributed by atoms with Crippen molar-refractivity contribution >= 4 is 6.09 Å². The summed E-state index contributed by atoms with van der Waals surface area (Å²) in [6.07, 6.45) is 6.73. The SMILES string of the molecule is CN(Cc1cn(-c2ccccc2CNC(=O)OC(C)(C)C)nn1)C1CCCc2cccnc21. The Hall–Kier alpha value is -3.26. The van der Waals surface area contributed by atoms with Gasteiger partial charge in [0.05, 0.1) is 29.3 Å². The van der Waals surface area contributed by atoms with Crippen molar-refractivity contribution in [2.24, 2.45) is 0 Å². The van der Waals surface area contributed by atoms with E-state index in [2.05, 4.69) is 38.6 Å². The zero-order chi connectivity index (χ0) is 23.4. The first-order valence-corrected chi connectivity index (χ1v) is 11.4. The minimum atomic E-state index is -0.537. The molecule has 33 heavy (non-hydrogen) atoms. The van der Waals surface area contributed by atoms with Crippen LogP contribution in [0.2, 0.25) is 0 Å². The standard InChI is InChI=1S/C25H32N6O2/c1-25(2,3)33-24(32)27-15-19-9-5-6-12-21(19)31-17-20(28-29-31)16-30(4)22-13-7-10-18-11-8-14-26-23(18)22/h5-6,8-9,11-12,14,17,22H,7,10,13,15-16H2,1-4H3,(H,27,32). The van der Waals surface area contributed by atoms with Crippen molar-refractivity contribution in [3.8, 4) is 5.69 Å². The molecular weight excluding hydrogens is 416 g/mol. The Labute approximate surface area is 195 Å². The molecule has 1 aromatic carbocycles. The lowest BCUT2D eigenvalue weighted by molar-refractivity contribution is 0.0523. The predicted molar refractivity (Wildman–Crippen MR) is 126 cm³/mol. The van der Waals surface area contributed by atoms with Crippen LogP contribution in [0.4, 0.5) is 4.79 Å². The summed E-state index contributed by atoms with van der Waals surface area (Å²) in [5, 5.41) is 11.6. The number of aromatic nitrogens is 4. The third kappa shape index (κ3) is 5.76.